The SMILES string of the molecule is Cc1cc(C)cc(N2C(=O)C(Nc3ccc(OC(F)(F)F)cc3)=C(c3ccccc3)C2=O)c1. The second-order valence-corrected chi connectivity index (χ2v) is 7.60. The van der Waals surface area contributed by atoms with Gasteiger partial charge in [-0.15, -0.1) is 13.2 Å². The van der Waals surface area contributed by atoms with Crippen LogP contribution < -0.4 is 15.0 Å². The molecular formula is C25H19F3N2O3. The summed E-state index contributed by atoms with van der Waals surface area (Å²) < 4.78 is 41.2. The van der Waals surface area contributed by atoms with Gasteiger partial charge >= 0.3 is 6.36 Å². The summed E-state index contributed by atoms with van der Waals surface area (Å²) in [7, 11) is 0. The lowest BCUT2D eigenvalue weighted by Gasteiger charge is -2.17. The minimum absolute atomic E-state index is 0.0369. The molecule has 0 spiro atoms. The number of alkyl halides is 3. The Morgan fingerprint density at radius 1 is 0.818 bits per heavy atom. The standard InChI is InChI=1S/C25H19F3N2O3/c1-15-12-16(2)14-19(13-15)30-23(31)21(17-6-4-3-5-7-17)22(24(30)32)29-18-8-10-20(11-9-18)33-25(26,27)28/h3-14,29H,1-2H3. The third-order valence-corrected chi connectivity index (χ3v) is 4.97. The summed E-state index contributed by atoms with van der Waals surface area (Å²) in [6.45, 7) is 3.74. The van der Waals surface area contributed by atoms with Crippen molar-refractivity contribution in [3.63, 3.8) is 0 Å². The van der Waals surface area contributed by atoms with E-state index in [9.17, 15) is 22.8 Å². The Morgan fingerprint density at radius 3 is 2.00 bits per heavy atom. The van der Waals surface area contributed by atoms with Crippen LogP contribution in [0.25, 0.3) is 5.57 Å². The van der Waals surface area contributed by atoms with Gasteiger partial charge in [0.15, 0.2) is 0 Å². The van der Waals surface area contributed by atoms with Gasteiger partial charge in [0, 0.05) is 5.69 Å². The van der Waals surface area contributed by atoms with E-state index in [0.717, 1.165) is 28.2 Å². The summed E-state index contributed by atoms with van der Waals surface area (Å²) in [6.07, 6.45) is -4.81. The van der Waals surface area contributed by atoms with E-state index in [-0.39, 0.29) is 11.3 Å². The van der Waals surface area contributed by atoms with Crippen molar-refractivity contribution in [2.45, 2.75) is 20.2 Å². The fourth-order valence-electron chi connectivity index (χ4n) is 3.72. The van der Waals surface area contributed by atoms with Crippen LogP contribution in [0.4, 0.5) is 24.5 Å². The molecule has 0 aliphatic carbocycles. The lowest BCUT2D eigenvalue weighted by atomic mass is 10.0. The number of hydrogen-bond acceptors (Lipinski definition) is 4. The van der Waals surface area contributed by atoms with Gasteiger partial charge in [-0.2, -0.15) is 0 Å². The summed E-state index contributed by atoms with van der Waals surface area (Å²) in [5, 5.41) is 2.92. The number of carbonyl (C=O) groups is 2. The van der Waals surface area contributed by atoms with Crippen LogP contribution in [0.3, 0.4) is 0 Å². The number of carbonyl (C=O) groups excluding carboxylic acids is 2. The zero-order chi connectivity index (χ0) is 23.8. The van der Waals surface area contributed by atoms with Crippen LogP contribution >= 0.6 is 0 Å². The molecular weight excluding hydrogens is 433 g/mol. The van der Waals surface area contributed by atoms with Gasteiger partial charge in [-0.05, 0) is 66.9 Å². The normalized spacial score (nSPS) is 14.2. The molecule has 0 saturated heterocycles. The predicted octanol–water partition coefficient (Wildman–Crippen LogP) is 5.60. The Bertz CT molecular complexity index is 1230. The highest BCUT2D eigenvalue weighted by atomic mass is 19.4. The van der Waals surface area contributed by atoms with Gasteiger partial charge in [0.2, 0.25) is 0 Å². The first kappa shape index (κ1) is 22.1. The first-order valence-electron chi connectivity index (χ1n) is 10.0. The summed E-state index contributed by atoms with van der Waals surface area (Å²) >= 11 is 0. The van der Waals surface area contributed by atoms with Crippen molar-refractivity contribution in [3.8, 4) is 5.75 Å². The number of ether oxygens (including phenoxy) is 1. The van der Waals surface area contributed by atoms with Gasteiger partial charge in [-0.25, -0.2) is 4.90 Å². The molecule has 1 aliphatic rings. The van der Waals surface area contributed by atoms with Crippen molar-refractivity contribution in [2.24, 2.45) is 0 Å². The molecule has 5 nitrogen and oxygen atoms in total. The van der Waals surface area contributed by atoms with Crippen LogP contribution in [0.15, 0.2) is 78.5 Å². The third kappa shape index (κ3) is 4.74. The minimum atomic E-state index is -4.81. The Labute approximate surface area is 188 Å². The summed E-state index contributed by atoms with van der Waals surface area (Å²) in [6, 6.07) is 19.1. The maximum atomic E-state index is 13.4. The van der Waals surface area contributed by atoms with Crippen molar-refractivity contribution in [2.75, 3.05) is 10.2 Å². The Balaban J connectivity index is 1.73. The number of anilines is 2. The first-order chi connectivity index (χ1) is 15.6. The average molecular weight is 452 g/mol. The third-order valence-electron chi connectivity index (χ3n) is 4.97. The number of imide groups is 1. The molecule has 168 valence electrons. The number of nitrogens with zero attached hydrogens (tertiary/aromatic N) is 1. The highest BCUT2D eigenvalue weighted by Gasteiger charge is 2.40. The molecule has 0 radical (unpaired) electrons. The fourth-order valence-corrected chi connectivity index (χ4v) is 3.72. The van der Waals surface area contributed by atoms with E-state index < -0.39 is 23.9 Å². The quantitative estimate of drug-likeness (QED) is 0.512. The molecule has 8 heteroatoms. The van der Waals surface area contributed by atoms with E-state index in [1.807, 2.05) is 19.9 Å². The van der Waals surface area contributed by atoms with Crippen molar-refractivity contribution in [1.29, 1.82) is 0 Å². The van der Waals surface area contributed by atoms with Crippen molar-refractivity contribution >= 4 is 28.8 Å². The number of halogens is 3. The van der Waals surface area contributed by atoms with Gasteiger partial charge in [0.1, 0.15) is 11.4 Å². The number of amides is 2. The number of nitrogens with one attached hydrogen (secondary N) is 1. The second-order valence-electron chi connectivity index (χ2n) is 7.60. The minimum Gasteiger partial charge on any atom is -0.406 e. The van der Waals surface area contributed by atoms with Gasteiger partial charge < -0.3 is 10.1 Å². The lowest BCUT2D eigenvalue weighted by molar-refractivity contribution is -0.274. The molecule has 33 heavy (non-hydrogen) atoms. The topological polar surface area (TPSA) is 58.6 Å². The summed E-state index contributed by atoms with van der Waals surface area (Å²) in [4.78, 5) is 27.9. The fraction of sp³-hybridized carbons (Fsp3) is 0.120. The monoisotopic (exact) mass is 452 g/mol. The van der Waals surface area contributed by atoms with Crippen LogP contribution in [0, 0.1) is 13.8 Å². The van der Waals surface area contributed by atoms with E-state index in [1.165, 1.54) is 12.1 Å². The van der Waals surface area contributed by atoms with E-state index in [1.54, 1.807) is 42.5 Å². The average Bonchev–Trinajstić information content (AvgIpc) is 2.98. The predicted molar refractivity (Wildman–Crippen MR) is 119 cm³/mol. The van der Waals surface area contributed by atoms with E-state index in [0.29, 0.717) is 16.9 Å². The number of benzene rings is 3. The molecule has 0 unspecified atom stereocenters. The summed E-state index contributed by atoms with van der Waals surface area (Å²) in [5.74, 6) is -1.44. The maximum absolute atomic E-state index is 13.4. The Kier molecular flexibility index (Phi) is 5.68. The molecule has 0 saturated carbocycles. The molecule has 3 aromatic carbocycles. The second kappa shape index (κ2) is 8.46. The number of hydrogen-bond donors (Lipinski definition) is 1. The van der Waals surface area contributed by atoms with Gasteiger partial charge in [-0.1, -0.05) is 36.4 Å². The molecule has 4 rings (SSSR count). The molecule has 0 bridgehead atoms. The van der Waals surface area contributed by atoms with Gasteiger partial charge in [-0.3, -0.25) is 9.59 Å². The zero-order valence-corrected chi connectivity index (χ0v) is 17.7. The number of rotatable bonds is 5. The highest BCUT2D eigenvalue weighted by molar-refractivity contribution is 6.46. The summed E-state index contributed by atoms with van der Waals surface area (Å²) in [5.41, 5.74) is 3.33. The molecule has 1 heterocycles. The van der Waals surface area contributed by atoms with Crippen LogP contribution in [-0.4, -0.2) is 18.2 Å². The molecule has 1 aliphatic heterocycles. The highest BCUT2D eigenvalue weighted by Crippen LogP contribution is 2.35. The van der Waals surface area contributed by atoms with E-state index >= 15 is 0 Å². The lowest BCUT2D eigenvalue weighted by Crippen LogP contribution is -2.32. The van der Waals surface area contributed by atoms with Crippen LogP contribution in [-0.2, 0) is 9.59 Å². The smallest absolute Gasteiger partial charge is 0.406 e. The molecule has 0 aromatic heterocycles. The number of aryl methyl sites for hydroxylation is 2. The molecule has 1 N–H and O–H groups in total. The van der Waals surface area contributed by atoms with Crippen molar-refractivity contribution < 1.29 is 27.5 Å². The zero-order valence-electron chi connectivity index (χ0n) is 17.7. The van der Waals surface area contributed by atoms with E-state index in [4.69, 9.17) is 0 Å². The maximum Gasteiger partial charge on any atom is 0.573 e. The van der Waals surface area contributed by atoms with Gasteiger partial charge in [0.05, 0.1) is 11.3 Å². The molecule has 3 aromatic rings. The largest absolute Gasteiger partial charge is 0.573 e. The molecule has 2 amide bonds. The van der Waals surface area contributed by atoms with Gasteiger partial charge in [0.25, 0.3) is 11.8 Å². The van der Waals surface area contributed by atoms with Crippen molar-refractivity contribution in [3.05, 3.63) is 95.2 Å². The van der Waals surface area contributed by atoms with Crippen LogP contribution in [0.5, 0.6) is 5.75 Å². The first-order valence-corrected chi connectivity index (χ1v) is 10.0. The Hall–Kier alpha value is -4.07. The molecule has 0 atom stereocenters. The Morgan fingerprint density at radius 2 is 1.42 bits per heavy atom. The van der Waals surface area contributed by atoms with Crippen LogP contribution in [0.1, 0.15) is 16.7 Å². The van der Waals surface area contributed by atoms with E-state index in [2.05, 4.69) is 10.1 Å². The van der Waals surface area contributed by atoms with Crippen LogP contribution in [0.2, 0.25) is 0 Å². The van der Waals surface area contributed by atoms with Crippen molar-refractivity contribution in [1.82, 2.24) is 0 Å². The molecule has 0 fully saturated rings.